The Hall–Kier alpha value is -1.66. The highest BCUT2D eigenvalue weighted by molar-refractivity contribution is 7.13. The molecule has 0 saturated carbocycles. The van der Waals surface area contributed by atoms with Crippen LogP contribution >= 0.6 is 22.7 Å². The molecular formula is C13H14N2O2S2. The van der Waals surface area contributed by atoms with Gasteiger partial charge in [0.2, 0.25) is 5.91 Å². The van der Waals surface area contributed by atoms with Crippen molar-refractivity contribution in [2.24, 2.45) is 0 Å². The number of thiophene rings is 2. The Morgan fingerprint density at radius 3 is 2.68 bits per heavy atom. The molecule has 100 valence electrons. The van der Waals surface area contributed by atoms with Crippen molar-refractivity contribution in [1.82, 2.24) is 10.6 Å². The zero-order chi connectivity index (χ0) is 13.7. The van der Waals surface area contributed by atoms with Crippen LogP contribution < -0.4 is 10.6 Å². The van der Waals surface area contributed by atoms with Crippen LogP contribution in [0, 0.1) is 6.92 Å². The van der Waals surface area contributed by atoms with E-state index in [0.717, 1.165) is 9.75 Å². The second kappa shape index (κ2) is 6.49. The van der Waals surface area contributed by atoms with Crippen molar-refractivity contribution in [2.75, 3.05) is 6.54 Å². The number of hydrogen-bond donors (Lipinski definition) is 2. The molecule has 4 nitrogen and oxygen atoms in total. The number of carbonyl (C=O) groups is 2. The van der Waals surface area contributed by atoms with Crippen LogP contribution in [0.4, 0.5) is 0 Å². The van der Waals surface area contributed by atoms with E-state index in [9.17, 15) is 9.59 Å². The maximum absolute atomic E-state index is 11.7. The summed E-state index contributed by atoms with van der Waals surface area (Å²) in [6.07, 6.45) is 0. The van der Waals surface area contributed by atoms with Gasteiger partial charge in [0.05, 0.1) is 18.0 Å². The molecule has 0 aromatic carbocycles. The Kier molecular flexibility index (Phi) is 4.70. The first-order valence-corrected chi connectivity index (χ1v) is 7.48. The van der Waals surface area contributed by atoms with Crippen molar-refractivity contribution < 1.29 is 9.59 Å². The first-order valence-electron chi connectivity index (χ1n) is 5.79. The third-order valence-electron chi connectivity index (χ3n) is 2.41. The second-order valence-corrected chi connectivity index (χ2v) is 6.27. The predicted octanol–water partition coefficient (Wildman–Crippen LogP) is 2.16. The van der Waals surface area contributed by atoms with Crippen molar-refractivity contribution in [2.45, 2.75) is 13.5 Å². The molecule has 2 rings (SSSR count). The Bertz CT molecular complexity index is 561. The van der Waals surface area contributed by atoms with E-state index < -0.39 is 0 Å². The fraction of sp³-hybridized carbons (Fsp3) is 0.231. The number of hydrogen-bond acceptors (Lipinski definition) is 4. The van der Waals surface area contributed by atoms with Gasteiger partial charge < -0.3 is 10.6 Å². The summed E-state index contributed by atoms with van der Waals surface area (Å²) in [4.78, 5) is 26.1. The molecule has 0 unspecified atom stereocenters. The largest absolute Gasteiger partial charge is 0.350 e. The summed E-state index contributed by atoms with van der Waals surface area (Å²) in [7, 11) is 0. The van der Waals surface area contributed by atoms with Crippen LogP contribution in [-0.2, 0) is 11.3 Å². The molecule has 0 atom stereocenters. The average molecular weight is 294 g/mol. The van der Waals surface area contributed by atoms with Crippen LogP contribution in [0.25, 0.3) is 0 Å². The van der Waals surface area contributed by atoms with Gasteiger partial charge in [-0.25, -0.2) is 0 Å². The highest BCUT2D eigenvalue weighted by atomic mass is 32.1. The summed E-state index contributed by atoms with van der Waals surface area (Å²) in [5, 5.41) is 7.32. The molecule has 0 aliphatic carbocycles. The van der Waals surface area contributed by atoms with E-state index in [1.165, 1.54) is 11.3 Å². The lowest BCUT2D eigenvalue weighted by Crippen LogP contribution is -2.36. The predicted molar refractivity (Wildman–Crippen MR) is 77.6 cm³/mol. The maximum atomic E-state index is 11.7. The quantitative estimate of drug-likeness (QED) is 0.888. The molecule has 2 N–H and O–H groups in total. The van der Waals surface area contributed by atoms with E-state index in [1.54, 1.807) is 17.4 Å². The molecule has 2 aromatic heterocycles. The van der Waals surface area contributed by atoms with E-state index in [-0.39, 0.29) is 18.4 Å². The molecule has 6 heteroatoms. The molecule has 2 aromatic rings. The lowest BCUT2D eigenvalue weighted by molar-refractivity contribution is -0.120. The Morgan fingerprint density at radius 2 is 2.05 bits per heavy atom. The molecule has 0 aliphatic heterocycles. The first-order chi connectivity index (χ1) is 9.15. The van der Waals surface area contributed by atoms with Crippen molar-refractivity contribution in [3.63, 3.8) is 0 Å². The maximum Gasteiger partial charge on any atom is 0.261 e. The van der Waals surface area contributed by atoms with E-state index in [1.807, 2.05) is 30.5 Å². The molecule has 2 amide bonds. The third kappa shape index (κ3) is 4.18. The van der Waals surface area contributed by atoms with Crippen LogP contribution in [0.2, 0.25) is 0 Å². The Morgan fingerprint density at radius 1 is 1.21 bits per heavy atom. The van der Waals surface area contributed by atoms with Gasteiger partial charge in [0, 0.05) is 9.75 Å². The van der Waals surface area contributed by atoms with Crippen LogP contribution in [0.5, 0.6) is 0 Å². The smallest absolute Gasteiger partial charge is 0.261 e. The van der Waals surface area contributed by atoms with Gasteiger partial charge in [0.25, 0.3) is 5.91 Å². The summed E-state index contributed by atoms with van der Waals surface area (Å²) in [6, 6.07) is 7.54. The van der Waals surface area contributed by atoms with Crippen LogP contribution in [0.1, 0.15) is 19.4 Å². The fourth-order valence-corrected chi connectivity index (χ4v) is 2.89. The van der Waals surface area contributed by atoms with Gasteiger partial charge in [-0.2, -0.15) is 0 Å². The number of amides is 2. The van der Waals surface area contributed by atoms with Gasteiger partial charge >= 0.3 is 0 Å². The molecule has 0 spiro atoms. The summed E-state index contributed by atoms with van der Waals surface area (Å²) in [6.45, 7) is 2.45. The van der Waals surface area contributed by atoms with Crippen molar-refractivity contribution in [1.29, 1.82) is 0 Å². The highest BCUT2D eigenvalue weighted by Gasteiger charge is 2.09. The highest BCUT2D eigenvalue weighted by Crippen LogP contribution is 2.14. The molecule has 19 heavy (non-hydrogen) atoms. The van der Waals surface area contributed by atoms with E-state index in [4.69, 9.17) is 0 Å². The molecule has 0 bridgehead atoms. The summed E-state index contributed by atoms with van der Waals surface area (Å²) >= 11 is 3.01. The normalized spacial score (nSPS) is 10.2. The lowest BCUT2D eigenvalue weighted by Gasteiger charge is -2.05. The van der Waals surface area contributed by atoms with Crippen molar-refractivity contribution >= 4 is 34.5 Å². The van der Waals surface area contributed by atoms with Crippen molar-refractivity contribution in [3.05, 3.63) is 44.3 Å². The Labute approximate surface area is 119 Å². The molecule has 0 saturated heterocycles. The number of rotatable bonds is 5. The van der Waals surface area contributed by atoms with E-state index >= 15 is 0 Å². The summed E-state index contributed by atoms with van der Waals surface area (Å²) in [5.74, 6) is -0.389. The van der Waals surface area contributed by atoms with Crippen LogP contribution in [0.3, 0.4) is 0 Å². The lowest BCUT2D eigenvalue weighted by atomic mass is 10.4. The number of aryl methyl sites for hydroxylation is 1. The SMILES string of the molecule is Cc1ccc(C(=O)NCC(=O)NCc2cccs2)s1. The molecular weight excluding hydrogens is 280 g/mol. The minimum absolute atomic E-state index is 0.00115. The van der Waals surface area contributed by atoms with Crippen LogP contribution in [0.15, 0.2) is 29.6 Å². The number of carbonyl (C=O) groups excluding carboxylic acids is 2. The zero-order valence-corrected chi connectivity index (χ0v) is 12.1. The van der Waals surface area contributed by atoms with Gasteiger partial charge in [0.15, 0.2) is 0 Å². The molecule has 0 aliphatic rings. The molecule has 2 heterocycles. The van der Waals surface area contributed by atoms with Crippen molar-refractivity contribution in [3.8, 4) is 0 Å². The van der Waals surface area contributed by atoms with Gasteiger partial charge in [-0.1, -0.05) is 6.07 Å². The van der Waals surface area contributed by atoms with Gasteiger partial charge in [-0.3, -0.25) is 9.59 Å². The summed E-state index contributed by atoms with van der Waals surface area (Å²) in [5.41, 5.74) is 0. The van der Waals surface area contributed by atoms with Gasteiger partial charge in [-0.05, 0) is 30.5 Å². The zero-order valence-electron chi connectivity index (χ0n) is 10.4. The Balaban J connectivity index is 1.73. The minimum atomic E-state index is -0.204. The topological polar surface area (TPSA) is 58.2 Å². The van der Waals surface area contributed by atoms with E-state index in [0.29, 0.717) is 11.4 Å². The average Bonchev–Trinajstić information content (AvgIpc) is 3.04. The second-order valence-electron chi connectivity index (χ2n) is 3.95. The monoisotopic (exact) mass is 294 g/mol. The molecule has 0 radical (unpaired) electrons. The standard InChI is InChI=1S/C13H14N2O2S2/c1-9-4-5-11(19-9)13(17)15-8-12(16)14-7-10-3-2-6-18-10/h2-6H,7-8H2,1H3,(H,14,16)(H,15,17). The van der Waals surface area contributed by atoms with Crippen LogP contribution in [-0.4, -0.2) is 18.4 Å². The number of nitrogens with one attached hydrogen (secondary N) is 2. The van der Waals surface area contributed by atoms with E-state index in [2.05, 4.69) is 10.6 Å². The first kappa shape index (κ1) is 13.8. The van der Waals surface area contributed by atoms with Gasteiger partial charge in [0.1, 0.15) is 0 Å². The fourth-order valence-electron chi connectivity index (χ4n) is 1.47. The van der Waals surface area contributed by atoms with Gasteiger partial charge in [-0.15, -0.1) is 22.7 Å². The third-order valence-corrected chi connectivity index (χ3v) is 4.29. The summed E-state index contributed by atoms with van der Waals surface area (Å²) < 4.78 is 0. The molecule has 0 fully saturated rings. The minimum Gasteiger partial charge on any atom is -0.350 e.